The number of benzene rings is 1. The van der Waals surface area contributed by atoms with Gasteiger partial charge >= 0.3 is 0 Å². The Morgan fingerprint density at radius 1 is 1.35 bits per heavy atom. The fourth-order valence-electron chi connectivity index (χ4n) is 1.47. The molecule has 0 aliphatic rings. The van der Waals surface area contributed by atoms with E-state index in [-0.39, 0.29) is 6.04 Å². The normalized spacial score (nSPS) is 12.4. The van der Waals surface area contributed by atoms with E-state index < -0.39 is 0 Å². The number of ether oxygens (including phenoxy) is 1. The van der Waals surface area contributed by atoms with Gasteiger partial charge in [0.15, 0.2) is 0 Å². The first-order valence-corrected chi connectivity index (χ1v) is 6.98. The predicted octanol–water partition coefficient (Wildman–Crippen LogP) is 4.11. The Kier molecular flexibility index (Phi) is 4.20. The van der Waals surface area contributed by atoms with E-state index in [4.69, 9.17) is 10.5 Å². The summed E-state index contributed by atoms with van der Waals surface area (Å²) in [6, 6.07) is 12.1. The molecule has 2 aromatic rings. The van der Waals surface area contributed by atoms with Gasteiger partial charge in [-0.25, -0.2) is 0 Å². The van der Waals surface area contributed by atoms with Crippen LogP contribution in [0.15, 0.2) is 40.2 Å². The number of halogens is 1. The standard InChI is InChI=1S/C13H14BrNOS/c1-9(15)10-3-2-4-11(7-10)16-8-12-5-6-13(14)17-12/h2-7,9H,8,15H2,1H3/t9-/m1/s1. The summed E-state index contributed by atoms with van der Waals surface area (Å²) >= 11 is 5.12. The van der Waals surface area contributed by atoms with Gasteiger partial charge < -0.3 is 10.5 Å². The largest absolute Gasteiger partial charge is 0.488 e. The number of hydrogen-bond donors (Lipinski definition) is 1. The molecule has 0 saturated carbocycles. The van der Waals surface area contributed by atoms with Crippen molar-refractivity contribution in [2.45, 2.75) is 19.6 Å². The highest BCUT2D eigenvalue weighted by Gasteiger charge is 2.02. The van der Waals surface area contributed by atoms with Gasteiger partial charge in [0.1, 0.15) is 12.4 Å². The quantitative estimate of drug-likeness (QED) is 0.922. The van der Waals surface area contributed by atoms with Crippen molar-refractivity contribution in [1.29, 1.82) is 0 Å². The minimum absolute atomic E-state index is 0.0365. The second-order valence-electron chi connectivity index (χ2n) is 3.86. The van der Waals surface area contributed by atoms with Crippen molar-refractivity contribution in [3.05, 3.63) is 50.6 Å². The van der Waals surface area contributed by atoms with Crippen LogP contribution in [-0.4, -0.2) is 0 Å². The molecule has 17 heavy (non-hydrogen) atoms. The van der Waals surface area contributed by atoms with E-state index in [1.165, 1.54) is 4.88 Å². The Hall–Kier alpha value is -0.840. The van der Waals surface area contributed by atoms with Gasteiger partial charge in [0.2, 0.25) is 0 Å². The second-order valence-corrected chi connectivity index (χ2v) is 6.40. The fourth-order valence-corrected chi connectivity index (χ4v) is 2.87. The molecular formula is C13H14BrNOS. The molecule has 2 rings (SSSR count). The maximum absolute atomic E-state index is 5.83. The molecule has 1 atom stereocenters. The highest BCUT2D eigenvalue weighted by molar-refractivity contribution is 9.11. The molecule has 0 unspecified atom stereocenters. The van der Waals surface area contributed by atoms with E-state index in [2.05, 4.69) is 22.0 Å². The SMILES string of the molecule is C[C@@H](N)c1cccc(OCc2ccc(Br)s2)c1. The van der Waals surface area contributed by atoms with Crippen molar-refractivity contribution >= 4 is 27.3 Å². The molecule has 4 heteroatoms. The van der Waals surface area contributed by atoms with Gasteiger partial charge in [-0.2, -0.15) is 0 Å². The Labute approximate surface area is 114 Å². The minimum atomic E-state index is 0.0365. The van der Waals surface area contributed by atoms with Gasteiger partial charge in [-0.05, 0) is 52.7 Å². The van der Waals surface area contributed by atoms with Crippen molar-refractivity contribution in [3.8, 4) is 5.75 Å². The van der Waals surface area contributed by atoms with Crippen LogP contribution in [0.3, 0.4) is 0 Å². The Balaban J connectivity index is 2.01. The molecule has 2 N–H and O–H groups in total. The van der Waals surface area contributed by atoms with Crippen LogP contribution in [0, 0.1) is 0 Å². The van der Waals surface area contributed by atoms with Crippen molar-refractivity contribution in [3.63, 3.8) is 0 Å². The first-order chi connectivity index (χ1) is 8.15. The van der Waals surface area contributed by atoms with Crippen molar-refractivity contribution < 1.29 is 4.74 Å². The van der Waals surface area contributed by atoms with Gasteiger partial charge in [0, 0.05) is 10.9 Å². The lowest BCUT2D eigenvalue weighted by Crippen LogP contribution is -2.05. The second kappa shape index (κ2) is 5.67. The maximum Gasteiger partial charge on any atom is 0.122 e. The van der Waals surface area contributed by atoms with E-state index in [1.807, 2.05) is 37.3 Å². The lowest BCUT2D eigenvalue weighted by atomic mass is 10.1. The van der Waals surface area contributed by atoms with E-state index in [0.29, 0.717) is 6.61 Å². The zero-order valence-electron chi connectivity index (χ0n) is 9.52. The topological polar surface area (TPSA) is 35.2 Å². The molecule has 1 aromatic heterocycles. The van der Waals surface area contributed by atoms with Gasteiger partial charge in [-0.3, -0.25) is 0 Å². The van der Waals surface area contributed by atoms with Crippen LogP contribution in [-0.2, 0) is 6.61 Å². The number of hydrogen-bond acceptors (Lipinski definition) is 3. The maximum atomic E-state index is 5.83. The van der Waals surface area contributed by atoms with Crippen molar-refractivity contribution in [2.24, 2.45) is 5.73 Å². The van der Waals surface area contributed by atoms with Crippen molar-refractivity contribution in [1.82, 2.24) is 0 Å². The summed E-state index contributed by atoms with van der Waals surface area (Å²) in [5.74, 6) is 0.865. The van der Waals surface area contributed by atoms with Gasteiger partial charge in [0.25, 0.3) is 0 Å². The van der Waals surface area contributed by atoms with Gasteiger partial charge in [-0.1, -0.05) is 12.1 Å². The Morgan fingerprint density at radius 3 is 2.82 bits per heavy atom. The van der Waals surface area contributed by atoms with Gasteiger partial charge in [-0.15, -0.1) is 11.3 Å². The van der Waals surface area contributed by atoms with Crippen LogP contribution in [0.2, 0.25) is 0 Å². The lowest BCUT2D eigenvalue weighted by molar-refractivity contribution is 0.309. The number of thiophene rings is 1. The summed E-state index contributed by atoms with van der Waals surface area (Å²) in [7, 11) is 0. The molecule has 1 heterocycles. The van der Waals surface area contributed by atoms with Crippen LogP contribution in [0.5, 0.6) is 5.75 Å². The van der Waals surface area contributed by atoms with Crippen LogP contribution >= 0.6 is 27.3 Å². The molecule has 0 aliphatic heterocycles. The fraction of sp³-hybridized carbons (Fsp3) is 0.231. The van der Waals surface area contributed by atoms with Crippen molar-refractivity contribution in [2.75, 3.05) is 0 Å². The highest BCUT2D eigenvalue weighted by atomic mass is 79.9. The number of rotatable bonds is 4. The number of nitrogens with two attached hydrogens (primary N) is 1. The van der Waals surface area contributed by atoms with E-state index in [1.54, 1.807) is 11.3 Å². The third kappa shape index (κ3) is 3.56. The predicted molar refractivity (Wildman–Crippen MR) is 75.4 cm³/mol. The molecule has 1 aromatic carbocycles. The monoisotopic (exact) mass is 311 g/mol. The molecule has 2 nitrogen and oxygen atoms in total. The van der Waals surface area contributed by atoms with Crippen LogP contribution in [0.25, 0.3) is 0 Å². The molecule has 0 spiro atoms. The summed E-state index contributed by atoms with van der Waals surface area (Å²) in [6.07, 6.45) is 0. The molecule has 0 saturated heterocycles. The highest BCUT2D eigenvalue weighted by Crippen LogP contribution is 2.24. The average molecular weight is 312 g/mol. The zero-order chi connectivity index (χ0) is 12.3. The molecule has 0 radical (unpaired) electrons. The molecule has 0 amide bonds. The van der Waals surface area contributed by atoms with E-state index >= 15 is 0 Å². The molecule has 90 valence electrons. The summed E-state index contributed by atoms with van der Waals surface area (Å²) in [5, 5.41) is 0. The zero-order valence-corrected chi connectivity index (χ0v) is 11.9. The first kappa shape index (κ1) is 12.6. The van der Waals surface area contributed by atoms with E-state index in [0.717, 1.165) is 15.1 Å². The molecule has 0 aliphatic carbocycles. The lowest BCUT2D eigenvalue weighted by Gasteiger charge is -2.09. The summed E-state index contributed by atoms with van der Waals surface area (Å²) < 4.78 is 6.86. The Morgan fingerprint density at radius 2 is 2.18 bits per heavy atom. The third-order valence-electron chi connectivity index (χ3n) is 2.39. The molecule has 0 fully saturated rings. The molecular weight excluding hydrogens is 298 g/mol. The van der Waals surface area contributed by atoms with E-state index in [9.17, 15) is 0 Å². The first-order valence-electron chi connectivity index (χ1n) is 5.37. The van der Waals surface area contributed by atoms with Crippen LogP contribution in [0.1, 0.15) is 23.4 Å². The average Bonchev–Trinajstić information content (AvgIpc) is 2.73. The van der Waals surface area contributed by atoms with Crippen LogP contribution in [0.4, 0.5) is 0 Å². The van der Waals surface area contributed by atoms with Gasteiger partial charge in [0.05, 0.1) is 3.79 Å². The Bertz CT molecular complexity index is 496. The third-order valence-corrected chi connectivity index (χ3v) is 3.99. The minimum Gasteiger partial charge on any atom is -0.488 e. The van der Waals surface area contributed by atoms with Crippen LogP contribution < -0.4 is 10.5 Å². The smallest absolute Gasteiger partial charge is 0.122 e. The summed E-state index contributed by atoms with van der Waals surface area (Å²) in [4.78, 5) is 1.20. The summed E-state index contributed by atoms with van der Waals surface area (Å²) in [5.41, 5.74) is 6.93. The summed E-state index contributed by atoms with van der Waals surface area (Å²) in [6.45, 7) is 2.56. The molecule has 0 bridgehead atoms.